The molecule has 1 aromatic rings. The Hall–Kier alpha value is -1.48. The standard InChI is InChI=1S/C9H13N3/c10-6-7-12(11)8-9-4-2-1-3-5-9/h1-7H,8,10-11H2/b7-6-. The van der Waals surface area contributed by atoms with Gasteiger partial charge in [-0.1, -0.05) is 30.3 Å². The summed E-state index contributed by atoms with van der Waals surface area (Å²) >= 11 is 0. The van der Waals surface area contributed by atoms with Crippen molar-refractivity contribution in [1.29, 1.82) is 0 Å². The Bertz CT molecular complexity index is 243. The molecule has 0 atom stereocenters. The number of hydrogen-bond acceptors (Lipinski definition) is 3. The molecule has 1 rings (SSSR count). The van der Waals surface area contributed by atoms with Gasteiger partial charge in [0.2, 0.25) is 0 Å². The highest BCUT2D eigenvalue weighted by molar-refractivity contribution is 5.14. The summed E-state index contributed by atoms with van der Waals surface area (Å²) < 4.78 is 0. The first-order valence-corrected chi connectivity index (χ1v) is 3.76. The molecule has 0 aliphatic carbocycles. The van der Waals surface area contributed by atoms with Gasteiger partial charge in [-0.2, -0.15) is 0 Å². The minimum atomic E-state index is 0.675. The summed E-state index contributed by atoms with van der Waals surface area (Å²) in [5.41, 5.74) is 6.35. The van der Waals surface area contributed by atoms with Gasteiger partial charge in [0.05, 0.1) is 6.54 Å². The maximum absolute atomic E-state index is 5.58. The van der Waals surface area contributed by atoms with Crippen LogP contribution in [0.3, 0.4) is 0 Å². The summed E-state index contributed by atoms with van der Waals surface area (Å²) in [4.78, 5) is 0. The van der Waals surface area contributed by atoms with Gasteiger partial charge in [0, 0.05) is 12.4 Å². The Morgan fingerprint density at radius 1 is 1.25 bits per heavy atom. The Labute approximate surface area is 72.2 Å². The highest BCUT2D eigenvalue weighted by Gasteiger charge is 1.92. The fourth-order valence-corrected chi connectivity index (χ4v) is 0.957. The van der Waals surface area contributed by atoms with E-state index >= 15 is 0 Å². The van der Waals surface area contributed by atoms with Crippen LogP contribution >= 0.6 is 0 Å². The van der Waals surface area contributed by atoms with Gasteiger partial charge in [-0.3, -0.25) is 0 Å². The second kappa shape index (κ2) is 4.41. The highest BCUT2D eigenvalue weighted by Crippen LogP contribution is 2.00. The lowest BCUT2D eigenvalue weighted by Gasteiger charge is -2.12. The van der Waals surface area contributed by atoms with Crippen molar-refractivity contribution in [3.8, 4) is 0 Å². The quantitative estimate of drug-likeness (QED) is 0.511. The number of hydrogen-bond donors (Lipinski definition) is 2. The van der Waals surface area contributed by atoms with Crippen LogP contribution in [0.25, 0.3) is 0 Å². The number of nitrogens with two attached hydrogens (primary N) is 2. The molecule has 0 spiro atoms. The van der Waals surface area contributed by atoms with Gasteiger partial charge < -0.3 is 10.7 Å². The molecular formula is C9H13N3. The van der Waals surface area contributed by atoms with E-state index in [-0.39, 0.29) is 0 Å². The van der Waals surface area contributed by atoms with Crippen LogP contribution in [0.4, 0.5) is 0 Å². The summed E-state index contributed by atoms with van der Waals surface area (Å²) in [7, 11) is 0. The van der Waals surface area contributed by atoms with Crippen LogP contribution in [0.15, 0.2) is 42.7 Å². The molecule has 0 saturated heterocycles. The molecule has 0 bridgehead atoms. The normalized spacial score (nSPS) is 10.4. The molecule has 4 N–H and O–H groups in total. The van der Waals surface area contributed by atoms with Crippen molar-refractivity contribution >= 4 is 0 Å². The molecule has 0 fully saturated rings. The fraction of sp³-hybridized carbons (Fsp3) is 0.111. The molecule has 0 saturated carbocycles. The van der Waals surface area contributed by atoms with E-state index in [0.717, 1.165) is 5.56 Å². The molecule has 0 aliphatic rings. The van der Waals surface area contributed by atoms with E-state index in [4.69, 9.17) is 11.6 Å². The van der Waals surface area contributed by atoms with Gasteiger partial charge >= 0.3 is 0 Å². The summed E-state index contributed by atoms with van der Waals surface area (Å²) in [5, 5.41) is 1.54. The predicted octanol–water partition coefficient (Wildman–Crippen LogP) is 0.792. The summed E-state index contributed by atoms with van der Waals surface area (Å²) in [6.07, 6.45) is 3.05. The maximum atomic E-state index is 5.58. The third-order valence-electron chi connectivity index (χ3n) is 1.49. The summed E-state index contributed by atoms with van der Waals surface area (Å²) in [6, 6.07) is 9.97. The van der Waals surface area contributed by atoms with E-state index in [1.807, 2.05) is 30.3 Å². The topological polar surface area (TPSA) is 55.3 Å². The first kappa shape index (κ1) is 8.62. The lowest BCUT2D eigenvalue weighted by Crippen LogP contribution is -2.24. The van der Waals surface area contributed by atoms with Gasteiger partial charge in [-0.15, -0.1) is 0 Å². The van der Waals surface area contributed by atoms with E-state index in [0.29, 0.717) is 6.54 Å². The average molecular weight is 163 g/mol. The van der Waals surface area contributed by atoms with Crippen molar-refractivity contribution in [2.45, 2.75) is 6.54 Å². The van der Waals surface area contributed by atoms with Crippen molar-refractivity contribution in [3.63, 3.8) is 0 Å². The molecule has 0 amide bonds. The van der Waals surface area contributed by atoms with Crippen molar-refractivity contribution in [1.82, 2.24) is 5.01 Å². The zero-order valence-electron chi connectivity index (χ0n) is 6.85. The smallest absolute Gasteiger partial charge is 0.0586 e. The number of nitrogens with zero attached hydrogens (tertiary/aromatic N) is 1. The van der Waals surface area contributed by atoms with Crippen LogP contribution in [0, 0.1) is 0 Å². The number of hydrazine groups is 1. The number of benzene rings is 1. The Morgan fingerprint density at radius 2 is 1.92 bits per heavy atom. The minimum Gasteiger partial charge on any atom is -0.403 e. The molecule has 0 aromatic heterocycles. The van der Waals surface area contributed by atoms with E-state index in [1.54, 1.807) is 6.20 Å². The van der Waals surface area contributed by atoms with E-state index in [1.165, 1.54) is 11.2 Å². The average Bonchev–Trinajstić information content (AvgIpc) is 2.06. The second-order valence-corrected chi connectivity index (χ2v) is 2.50. The van der Waals surface area contributed by atoms with Crippen molar-refractivity contribution in [2.75, 3.05) is 0 Å². The molecule has 1 aromatic carbocycles. The highest BCUT2D eigenvalue weighted by atomic mass is 15.4. The zero-order valence-corrected chi connectivity index (χ0v) is 6.85. The van der Waals surface area contributed by atoms with Crippen LogP contribution in [0.2, 0.25) is 0 Å². The zero-order chi connectivity index (χ0) is 8.81. The van der Waals surface area contributed by atoms with Crippen molar-refractivity contribution in [3.05, 3.63) is 48.3 Å². The third-order valence-corrected chi connectivity index (χ3v) is 1.49. The van der Waals surface area contributed by atoms with E-state index < -0.39 is 0 Å². The van der Waals surface area contributed by atoms with Gasteiger partial charge in [0.25, 0.3) is 0 Å². The van der Waals surface area contributed by atoms with E-state index in [2.05, 4.69) is 0 Å². The van der Waals surface area contributed by atoms with Gasteiger partial charge in [-0.05, 0) is 5.56 Å². The summed E-state index contributed by atoms with van der Waals surface area (Å²) in [6.45, 7) is 0.675. The molecule has 3 nitrogen and oxygen atoms in total. The summed E-state index contributed by atoms with van der Waals surface area (Å²) in [5.74, 6) is 5.58. The Morgan fingerprint density at radius 3 is 2.50 bits per heavy atom. The monoisotopic (exact) mass is 163 g/mol. The number of rotatable bonds is 3. The molecule has 3 heteroatoms. The molecule has 12 heavy (non-hydrogen) atoms. The minimum absolute atomic E-state index is 0.675. The van der Waals surface area contributed by atoms with Crippen LogP contribution < -0.4 is 11.6 Å². The molecular weight excluding hydrogens is 150 g/mol. The van der Waals surface area contributed by atoms with Crippen LogP contribution in [-0.2, 0) is 6.54 Å². The molecule has 64 valence electrons. The first-order chi connectivity index (χ1) is 5.83. The van der Waals surface area contributed by atoms with Crippen LogP contribution in [0.1, 0.15) is 5.56 Å². The SMILES string of the molecule is N/C=C\N(N)Cc1ccccc1. The van der Waals surface area contributed by atoms with Gasteiger partial charge in [-0.25, -0.2) is 5.84 Å². The molecule has 0 heterocycles. The van der Waals surface area contributed by atoms with Crippen LogP contribution in [0.5, 0.6) is 0 Å². The fourth-order valence-electron chi connectivity index (χ4n) is 0.957. The maximum Gasteiger partial charge on any atom is 0.0586 e. The lowest BCUT2D eigenvalue weighted by molar-refractivity contribution is 0.386. The molecule has 0 aliphatic heterocycles. The second-order valence-electron chi connectivity index (χ2n) is 2.50. The Kier molecular flexibility index (Phi) is 3.17. The predicted molar refractivity (Wildman–Crippen MR) is 49.5 cm³/mol. The Balaban J connectivity index is 2.52. The van der Waals surface area contributed by atoms with Crippen molar-refractivity contribution < 1.29 is 0 Å². The first-order valence-electron chi connectivity index (χ1n) is 3.76. The van der Waals surface area contributed by atoms with E-state index in [9.17, 15) is 0 Å². The molecule has 0 radical (unpaired) electrons. The van der Waals surface area contributed by atoms with Crippen LogP contribution in [-0.4, -0.2) is 5.01 Å². The molecule has 0 unspecified atom stereocenters. The van der Waals surface area contributed by atoms with Gasteiger partial charge in [0.15, 0.2) is 0 Å². The van der Waals surface area contributed by atoms with Crippen molar-refractivity contribution in [2.24, 2.45) is 11.6 Å². The third kappa shape index (κ3) is 2.64. The largest absolute Gasteiger partial charge is 0.403 e. The van der Waals surface area contributed by atoms with Gasteiger partial charge in [0.1, 0.15) is 0 Å². The lowest BCUT2D eigenvalue weighted by atomic mass is 10.2.